The first-order valence-electron chi connectivity index (χ1n) is 11.1. The van der Waals surface area contributed by atoms with Gasteiger partial charge in [-0.3, -0.25) is 0 Å². The number of anilines is 2. The second-order valence-corrected chi connectivity index (χ2v) is 8.64. The van der Waals surface area contributed by atoms with Crippen molar-refractivity contribution in [1.29, 1.82) is 0 Å². The van der Waals surface area contributed by atoms with Crippen LogP contribution in [0.4, 0.5) is 11.8 Å². The molecule has 1 saturated heterocycles. The van der Waals surface area contributed by atoms with Gasteiger partial charge in [0.05, 0.1) is 6.04 Å². The van der Waals surface area contributed by atoms with Gasteiger partial charge in [-0.05, 0) is 55.6 Å². The lowest BCUT2D eigenvalue weighted by Crippen LogP contribution is -2.35. The quantitative estimate of drug-likeness (QED) is 0.480. The summed E-state index contributed by atoms with van der Waals surface area (Å²) in [5, 5.41) is 6.93. The zero-order valence-corrected chi connectivity index (χ0v) is 19.3. The third-order valence-corrected chi connectivity index (χ3v) is 5.73. The Morgan fingerprint density at radius 3 is 2.53 bits per heavy atom. The molecule has 2 N–H and O–H groups in total. The largest absolute Gasteiger partial charge is 0.439 e. The zero-order chi connectivity index (χ0) is 22.3. The molecule has 0 bridgehead atoms. The lowest BCUT2D eigenvalue weighted by Gasteiger charge is -2.32. The molecule has 1 aliphatic heterocycles. The maximum atomic E-state index is 6.03. The molecule has 0 spiro atoms. The maximum absolute atomic E-state index is 6.03. The minimum absolute atomic E-state index is 0.0577. The summed E-state index contributed by atoms with van der Waals surface area (Å²) < 4.78 is 6.03. The minimum atomic E-state index is 0.0577. The minimum Gasteiger partial charge on any atom is -0.439 e. The Morgan fingerprint density at radius 2 is 1.81 bits per heavy atom. The normalized spacial score (nSPS) is 16.8. The lowest BCUT2D eigenvalue weighted by atomic mass is 10.0. The highest BCUT2D eigenvalue weighted by molar-refractivity contribution is 7.80. The molecule has 1 aromatic heterocycles. The maximum Gasteiger partial charge on any atom is 0.234 e. The predicted molar refractivity (Wildman–Crippen MR) is 133 cm³/mol. The van der Waals surface area contributed by atoms with Gasteiger partial charge in [0.15, 0.2) is 5.11 Å². The number of nitrogens with zero attached hydrogens (tertiary/aromatic N) is 3. The molecule has 6 nitrogen and oxygen atoms in total. The van der Waals surface area contributed by atoms with Crippen molar-refractivity contribution in [2.75, 3.05) is 23.3 Å². The van der Waals surface area contributed by atoms with Crippen molar-refractivity contribution in [3.8, 4) is 11.6 Å². The first kappa shape index (κ1) is 22.0. The van der Waals surface area contributed by atoms with Crippen LogP contribution in [0.2, 0.25) is 0 Å². The summed E-state index contributed by atoms with van der Waals surface area (Å²) >= 11 is 5.55. The van der Waals surface area contributed by atoms with E-state index in [1.807, 2.05) is 54.6 Å². The molecule has 0 aliphatic carbocycles. The van der Waals surface area contributed by atoms with E-state index in [2.05, 4.69) is 46.5 Å². The predicted octanol–water partition coefficient (Wildman–Crippen LogP) is 5.55. The Labute approximate surface area is 195 Å². The fourth-order valence-electron chi connectivity index (χ4n) is 3.85. The summed E-state index contributed by atoms with van der Waals surface area (Å²) in [6, 6.07) is 21.8. The van der Waals surface area contributed by atoms with E-state index in [1.165, 1.54) is 6.42 Å². The highest BCUT2D eigenvalue weighted by atomic mass is 32.1. The Bertz CT molecular complexity index is 1030. The number of hydrogen-bond donors (Lipinski definition) is 2. The molecule has 0 amide bonds. The number of benzene rings is 2. The standard InChI is InChI=1S/C25H29N5OS/c1-18-10-9-15-30(17-18)22-16-23(31-21-13-7-4-8-14-21)28-24(27-22)29-25(32)26-19(2)20-11-5-3-6-12-20/h3-8,11-14,16,18-19H,9-10,15,17H2,1-2H3,(H2,26,27,28,29,32)/t18-,19+/m0/s1. The van der Waals surface area contributed by atoms with E-state index in [0.717, 1.165) is 36.6 Å². The first-order chi connectivity index (χ1) is 15.6. The second-order valence-electron chi connectivity index (χ2n) is 8.23. The Morgan fingerprint density at radius 1 is 1.09 bits per heavy atom. The van der Waals surface area contributed by atoms with Crippen LogP contribution in [0, 0.1) is 5.92 Å². The van der Waals surface area contributed by atoms with E-state index in [0.29, 0.717) is 22.9 Å². The molecule has 2 atom stereocenters. The van der Waals surface area contributed by atoms with Gasteiger partial charge in [-0.1, -0.05) is 55.5 Å². The number of para-hydroxylation sites is 1. The van der Waals surface area contributed by atoms with Crippen molar-refractivity contribution >= 4 is 29.1 Å². The summed E-state index contributed by atoms with van der Waals surface area (Å²) in [4.78, 5) is 11.6. The van der Waals surface area contributed by atoms with E-state index >= 15 is 0 Å². The van der Waals surface area contributed by atoms with Crippen LogP contribution < -0.4 is 20.3 Å². The van der Waals surface area contributed by atoms with Gasteiger partial charge in [-0.25, -0.2) is 0 Å². The highest BCUT2D eigenvalue weighted by Gasteiger charge is 2.20. The van der Waals surface area contributed by atoms with Crippen LogP contribution in [0.5, 0.6) is 11.6 Å². The highest BCUT2D eigenvalue weighted by Crippen LogP contribution is 2.27. The van der Waals surface area contributed by atoms with E-state index < -0.39 is 0 Å². The van der Waals surface area contributed by atoms with Crippen molar-refractivity contribution in [2.24, 2.45) is 5.92 Å². The lowest BCUT2D eigenvalue weighted by molar-refractivity contribution is 0.440. The molecule has 0 saturated carbocycles. The molecule has 166 valence electrons. The Balaban J connectivity index is 1.53. The topological polar surface area (TPSA) is 62.3 Å². The van der Waals surface area contributed by atoms with Crippen molar-refractivity contribution < 1.29 is 4.74 Å². The first-order valence-corrected chi connectivity index (χ1v) is 11.5. The fourth-order valence-corrected chi connectivity index (χ4v) is 4.12. The van der Waals surface area contributed by atoms with Gasteiger partial charge in [0.2, 0.25) is 11.8 Å². The Hall–Kier alpha value is -3.19. The van der Waals surface area contributed by atoms with Crippen LogP contribution in [0.3, 0.4) is 0 Å². The summed E-state index contributed by atoms with van der Waals surface area (Å²) in [5.74, 6) is 3.11. The van der Waals surface area contributed by atoms with Gasteiger partial charge in [0, 0.05) is 19.2 Å². The van der Waals surface area contributed by atoms with Gasteiger partial charge < -0.3 is 20.3 Å². The van der Waals surface area contributed by atoms with Crippen LogP contribution in [0.1, 0.15) is 38.3 Å². The molecule has 0 radical (unpaired) electrons. The van der Waals surface area contributed by atoms with Gasteiger partial charge in [0.1, 0.15) is 11.6 Å². The molecule has 1 fully saturated rings. The van der Waals surface area contributed by atoms with Crippen LogP contribution in [-0.2, 0) is 0 Å². The molecular formula is C25H29N5OS. The fraction of sp³-hybridized carbons (Fsp3) is 0.320. The van der Waals surface area contributed by atoms with E-state index in [9.17, 15) is 0 Å². The summed E-state index contributed by atoms with van der Waals surface area (Å²) in [5.41, 5.74) is 1.15. The van der Waals surface area contributed by atoms with Crippen molar-refractivity contribution in [2.45, 2.75) is 32.7 Å². The molecule has 2 aromatic carbocycles. The number of rotatable bonds is 6. The van der Waals surface area contributed by atoms with Crippen LogP contribution in [0.15, 0.2) is 66.7 Å². The number of piperidine rings is 1. The third kappa shape index (κ3) is 5.95. The smallest absolute Gasteiger partial charge is 0.234 e. The zero-order valence-electron chi connectivity index (χ0n) is 18.5. The van der Waals surface area contributed by atoms with Crippen molar-refractivity contribution in [1.82, 2.24) is 15.3 Å². The number of nitrogens with one attached hydrogen (secondary N) is 2. The average Bonchev–Trinajstić information content (AvgIpc) is 2.80. The number of hydrogen-bond acceptors (Lipinski definition) is 5. The summed E-state index contributed by atoms with van der Waals surface area (Å²) in [6.45, 7) is 6.28. The van der Waals surface area contributed by atoms with E-state index in [4.69, 9.17) is 21.9 Å². The van der Waals surface area contributed by atoms with Gasteiger partial charge in [-0.2, -0.15) is 9.97 Å². The van der Waals surface area contributed by atoms with Crippen molar-refractivity contribution in [3.05, 3.63) is 72.3 Å². The van der Waals surface area contributed by atoms with Crippen LogP contribution in [0.25, 0.3) is 0 Å². The molecule has 32 heavy (non-hydrogen) atoms. The summed E-state index contributed by atoms with van der Waals surface area (Å²) in [6.07, 6.45) is 2.39. The summed E-state index contributed by atoms with van der Waals surface area (Å²) in [7, 11) is 0. The van der Waals surface area contributed by atoms with Gasteiger partial charge >= 0.3 is 0 Å². The molecule has 7 heteroatoms. The van der Waals surface area contributed by atoms with Gasteiger partial charge in [-0.15, -0.1) is 0 Å². The molecular weight excluding hydrogens is 418 g/mol. The van der Waals surface area contributed by atoms with Crippen molar-refractivity contribution in [3.63, 3.8) is 0 Å². The van der Waals surface area contributed by atoms with Gasteiger partial charge in [0.25, 0.3) is 0 Å². The number of thiocarbonyl (C=S) groups is 1. The Kier molecular flexibility index (Phi) is 7.17. The average molecular weight is 448 g/mol. The SMILES string of the molecule is C[C@H]1CCCN(c2cc(Oc3ccccc3)nc(NC(=S)N[C@H](C)c3ccccc3)n2)C1. The molecule has 1 aliphatic rings. The number of ether oxygens (including phenoxy) is 1. The molecule has 3 aromatic rings. The van der Waals surface area contributed by atoms with E-state index in [1.54, 1.807) is 0 Å². The van der Waals surface area contributed by atoms with Crippen LogP contribution >= 0.6 is 12.2 Å². The molecule has 4 rings (SSSR count). The van der Waals surface area contributed by atoms with Crippen LogP contribution in [-0.4, -0.2) is 28.2 Å². The monoisotopic (exact) mass is 447 g/mol. The van der Waals surface area contributed by atoms with E-state index in [-0.39, 0.29) is 6.04 Å². The second kappa shape index (κ2) is 10.4. The molecule has 0 unspecified atom stereocenters. The number of aromatic nitrogens is 2. The third-order valence-electron chi connectivity index (χ3n) is 5.51. The molecule has 2 heterocycles.